The normalized spacial score (nSPS) is 22.6. The van der Waals surface area contributed by atoms with Gasteiger partial charge in [0.1, 0.15) is 6.04 Å². The molecule has 0 aliphatic carbocycles. The summed E-state index contributed by atoms with van der Waals surface area (Å²) in [6.45, 7) is 2.87. The Kier molecular flexibility index (Phi) is 5.33. The first-order valence-corrected chi connectivity index (χ1v) is 7.27. The fourth-order valence-electron chi connectivity index (χ4n) is 2.63. The van der Waals surface area contributed by atoms with E-state index in [1.165, 1.54) is 7.11 Å². The molecule has 5 heteroatoms. The summed E-state index contributed by atoms with van der Waals surface area (Å²) >= 11 is 0. The predicted molar refractivity (Wildman–Crippen MR) is 79.7 cm³/mol. The molecule has 0 bridgehead atoms. The maximum Gasteiger partial charge on any atom is 0.328 e. The number of esters is 1. The molecule has 114 valence electrons. The number of benzene rings is 1. The standard InChI is InChI=1S/C16H22N2O3/c1-11-8-9-17-14(11)15(19)18-13(16(20)21-2)10-12-6-4-3-5-7-12/h3-7,11,13-14,17H,8-10H2,1-2H3,(H,18,19). The van der Waals surface area contributed by atoms with Crippen molar-refractivity contribution in [2.75, 3.05) is 13.7 Å². The second kappa shape index (κ2) is 7.22. The van der Waals surface area contributed by atoms with Crippen molar-refractivity contribution in [3.63, 3.8) is 0 Å². The highest BCUT2D eigenvalue weighted by Crippen LogP contribution is 2.15. The lowest BCUT2D eigenvalue weighted by Crippen LogP contribution is -2.51. The minimum Gasteiger partial charge on any atom is -0.467 e. The summed E-state index contributed by atoms with van der Waals surface area (Å²) in [5.41, 5.74) is 0.987. The summed E-state index contributed by atoms with van der Waals surface area (Å²) in [4.78, 5) is 24.2. The van der Waals surface area contributed by atoms with Crippen LogP contribution in [0.3, 0.4) is 0 Å². The van der Waals surface area contributed by atoms with Crippen LogP contribution in [0.25, 0.3) is 0 Å². The highest BCUT2D eigenvalue weighted by molar-refractivity contribution is 5.88. The molecule has 0 saturated carbocycles. The van der Waals surface area contributed by atoms with Gasteiger partial charge >= 0.3 is 5.97 Å². The van der Waals surface area contributed by atoms with Crippen molar-refractivity contribution in [3.05, 3.63) is 35.9 Å². The van der Waals surface area contributed by atoms with Crippen LogP contribution >= 0.6 is 0 Å². The van der Waals surface area contributed by atoms with Gasteiger partial charge in [0.2, 0.25) is 5.91 Å². The van der Waals surface area contributed by atoms with E-state index in [0.717, 1.165) is 18.5 Å². The van der Waals surface area contributed by atoms with Gasteiger partial charge in [0.25, 0.3) is 0 Å². The fraction of sp³-hybridized carbons (Fsp3) is 0.500. The van der Waals surface area contributed by atoms with Crippen LogP contribution in [-0.2, 0) is 20.7 Å². The van der Waals surface area contributed by atoms with Crippen LogP contribution in [-0.4, -0.2) is 37.6 Å². The van der Waals surface area contributed by atoms with Crippen molar-refractivity contribution in [1.82, 2.24) is 10.6 Å². The lowest BCUT2D eigenvalue weighted by molar-refractivity contribution is -0.145. The number of hydrogen-bond acceptors (Lipinski definition) is 4. The molecule has 1 heterocycles. The second-order valence-electron chi connectivity index (χ2n) is 5.47. The second-order valence-corrected chi connectivity index (χ2v) is 5.47. The SMILES string of the molecule is COC(=O)C(Cc1ccccc1)NC(=O)C1NCCC1C. The lowest BCUT2D eigenvalue weighted by atomic mass is 10.0. The van der Waals surface area contributed by atoms with Gasteiger partial charge in [-0.25, -0.2) is 4.79 Å². The highest BCUT2D eigenvalue weighted by atomic mass is 16.5. The first-order chi connectivity index (χ1) is 10.1. The van der Waals surface area contributed by atoms with Gasteiger partial charge in [0, 0.05) is 6.42 Å². The first-order valence-electron chi connectivity index (χ1n) is 7.27. The minimum absolute atomic E-state index is 0.133. The highest BCUT2D eigenvalue weighted by Gasteiger charge is 2.32. The zero-order chi connectivity index (χ0) is 15.2. The predicted octanol–water partition coefficient (Wildman–Crippen LogP) is 0.885. The number of carbonyl (C=O) groups excluding carboxylic acids is 2. The minimum atomic E-state index is -0.653. The van der Waals surface area contributed by atoms with Gasteiger partial charge in [-0.15, -0.1) is 0 Å². The Morgan fingerprint density at radius 2 is 2.10 bits per heavy atom. The van der Waals surface area contributed by atoms with E-state index in [1.54, 1.807) is 0 Å². The molecule has 1 aromatic rings. The summed E-state index contributed by atoms with van der Waals surface area (Å²) in [6, 6.07) is 8.71. The third kappa shape index (κ3) is 4.04. The molecule has 1 fully saturated rings. The Labute approximate surface area is 125 Å². The number of ether oxygens (including phenoxy) is 1. The number of amides is 1. The van der Waals surface area contributed by atoms with Crippen molar-refractivity contribution in [3.8, 4) is 0 Å². The average Bonchev–Trinajstić information content (AvgIpc) is 2.93. The molecule has 0 spiro atoms. The van der Waals surface area contributed by atoms with Gasteiger partial charge < -0.3 is 15.4 Å². The number of rotatable bonds is 5. The third-order valence-electron chi connectivity index (χ3n) is 3.90. The van der Waals surface area contributed by atoms with E-state index in [4.69, 9.17) is 4.74 Å². The first kappa shape index (κ1) is 15.5. The largest absolute Gasteiger partial charge is 0.467 e. The van der Waals surface area contributed by atoms with E-state index in [2.05, 4.69) is 10.6 Å². The Hall–Kier alpha value is -1.88. The molecule has 1 aromatic carbocycles. The Bertz CT molecular complexity index is 490. The van der Waals surface area contributed by atoms with Crippen molar-refractivity contribution >= 4 is 11.9 Å². The summed E-state index contributed by atoms with van der Waals surface area (Å²) in [5, 5.41) is 5.98. The van der Waals surface area contributed by atoms with E-state index >= 15 is 0 Å². The molecule has 1 aliphatic rings. The molecule has 3 unspecified atom stereocenters. The smallest absolute Gasteiger partial charge is 0.328 e. The van der Waals surface area contributed by atoms with Crippen molar-refractivity contribution < 1.29 is 14.3 Å². The lowest BCUT2D eigenvalue weighted by Gasteiger charge is -2.21. The topological polar surface area (TPSA) is 67.4 Å². The molecule has 1 aliphatic heterocycles. The zero-order valence-corrected chi connectivity index (χ0v) is 12.5. The molecule has 21 heavy (non-hydrogen) atoms. The number of hydrogen-bond donors (Lipinski definition) is 2. The number of carbonyl (C=O) groups is 2. The van der Waals surface area contributed by atoms with Crippen LogP contribution in [0.4, 0.5) is 0 Å². The molecular weight excluding hydrogens is 268 g/mol. The summed E-state index contributed by atoms with van der Waals surface area (Å²) in [5.74, 6) is -0.274. The zero-order valence-electron chi connectivity index (χ0n) is 12.5. The number of methoxy groups -OCH3 is 1. The molecule has 0 aromatic heterocycles. The van der Waals surface area contributed by atoms with E-state index in [0.29, 0.717) is 6.42 Å². The van der Waals surface area contributed by atoms with Crippen LogP contribution in [0.15, 0.2) is 30.3 Å². The summed E-state index contributed by atoms with van der Waals surface area (Å²) in [6.07, 6.45) is 1.40. The molecular formula is C16H22N2O3. The van der Waals surface area contributed by atoms with E-state index in [-0.39, 0.29) is 17.9 Å². The van der Waals surface area contributed by atoms with Crippen LogP contribution in [0.5, 0.6) is 0 Å². The fourth-order valence-corrected chi connectivity index (χ4v) is 2.63. The molecule has 2 N–H and O–H groups in total. The van der Waals surface area contributed by atoms with Crippen molar-refractivity contribution in [2.24, 2.45) is 5.92 Å². The summed E-state index contributed by atoms with van der Waals surface area (Å²) < 4.78 is 4.80. The van der Waals surface area contributed by atoms with Crippen LogP contribution in [0.2, 0.25) is 0 Å². The van der Waals surface area contributed by atoms with E-state index in [1.807, 2.05) is 37.3 Å². The number of nitrogens with one attached hydrogen (secondary N) is 2. The monoisotopic (exact) mass is 290 g/mol. The molecule has 3 atom stereocenters. The average molecular weight is 290 g/mol. The Balaban J connectivity index is 2.02. The van der Waals surface area contributed by atoms with Crippen LogP contribution < -0.4 is 10.6 Å². The molecule has 5 nitrogen and oxygen atoms in total. The van der Waals surface area contributed by atoms with E-state index < -0.39 is 12.0 Å². The Morgan fingerprint density at radius 1 is 1.38 bits per heavy atom. The summed E-state index contributed by atoms with van der Waals surface area (Å²) in [7, 11) is 1.34. The van der Waals surface area contributed by atoms with E-state index in [9.17, 15) is 9.59 Å². The van der Waals surface area contributed by atoms with Crippen LogP contribution in [0.1, 0.15) is 18.9 Å². The maximum absolute atomic E-state index is 12.3. The van der Waals surface area contributed by atoms with Crippen molar-refractivity contribution in [2.45, 2.75) is 31.8 Å². The van der Waals surface area contributed by atoms with Gasteiger partial charge in [-0.1, -0.05) is 37.3 Å². The Morgan fingerprint density at radius 3 is 2.67 bits per heavy atom. The van der Waals surface area contributed by atoms with Gasteiger partial charge in [-0.3, -0.25) is 4.79 Å². The molecule has 2 rings (SSSR count). The van der Waals surface area contributed by atoms with Gasteiger partial charge in [-0.2, -0.15) is 0 Å². The van der Waals surface area contributed by atoms with Gasteiger partial charge in [0.05, 0.1) is 13.2 Å². The van der Waals surface area contributed by atoms with Crippen LogP contribution in [0, 0.1) is 5.92 Å². The maximum atomic E-state index is 12.3. The van der Waals surface area contributed by atoms with Gasteiger partial charge in [0.15, 0.2) is 0 Å². The molecule has 0 radical (unpaired) electrons. The van der Waals surface area contributed by atoms with Gasteiger partial charge in [-0.05, 0) is 24.4 Å². The molecule has 1 amide bonds. The molecule has 1 saturated heterocycles. The van der Waals surface area contributed by atoms with Crippen molar-refractivity contribution in [1.29, 1.82) is 0 Å². The quantitative estimate of drug-likeness (QED) is 0.790. The third-order valence-corrected chi connectivity index (χ3v) is 3.90.